The van der Waals surface area contributed by atoms with E-state index in [1.54, 1.807) is 29.4 Å². The highest BCUT2D eigenvalue weighted by Gasteiger charge is 2.16. The Morgan fingerprint density at radius 2 is 2.05 bits per heavy atom. The van der Waals surface area contributed by atoms with Gasteiger partial charge in [0.1, 0.15) is 0 Å². The lowest BCUT2D eigenvalue weighted by molar-refractivity contribution is 0.241. The lowest BCUT2D eigenvalue weighted by Gasteiger charge is -2.10. The zero-order valence-electron chi connectivity index (χ0n) is 11.2. The van der Waals surface area contributed by atoms with E-state index >= 15 is 0 Å². The zero-order chi connectivity index (χ0) is 13.4. The molecule has 1 heterocycles. The van der Waals surface area contributed by atoms with Crippen LogP contribution in [-0.2, 0) is 12.8 Å². The molecule has 100 valence electrons. The van der Waals surface area contributed by atoms with Gasteiger partial charge in [-0.05, 0) is 60.5 Å². The monoisotopic (exact) mass is 291 g/mol. The summed E-state index contributed by atoms with van der Waals surface area (Å²) in [6.45, 7) is 0. The van der Waals surface area contributed by atoms with Crippen molar-refractivity contribution in [1.82, 2.24) is 4.90 Å². The van der Waals surface area contributed by atoms with E-state index in [0.29, 0.717) is 0 Å². The second-order valence-electron chi connectivity index (χ2n) is 5.13. The molecule has 2 nitrogen and oxygen atoms in total. The van der Waals surface area contributed by atoms with Crippen molar-refractivity contribution in [2.45, 2.75) is 30.6 Å². The molecule has 1 aromatic heterocycles. The first-order chi connectivity index (χ1) is 9.15. The van der Waals surface area contributed by atoms with Gasteiger partial charge >= 0.3 is 0 Å². The third kappa shape index (κ3) is 2.51. The maximum atomic E-state index is 11.7. The average molecular weight is 291 g/mol. The first kappa shape index (κ1) is 13.0. The highest BCUT2D eigenvalue weighted by Crippen LogP contribution is 2.38. The number of hydrogen-bond acceptors (Lipinski definition) is 3. The number of rotatable bonds is 1. The predicted octanol–water partition coefficient (Wildman–Crippen LogP) is 4.55. The van der Waals surface area contributed by atoms with E-state index in [1.165, 1.54) is 47.5 Å². The van der Waals surface area contributed by atoms with E-state index in [2.05, 4.69) is 18.2 Å². The largest absolute Gasteiger partial charge is 0.339 e. The van der Waals surface area contributed by atoms with Crippen molar-refractivity contribution in [3.8, 4) is 0 Å². The second-order valence-corrected chi connectivity index (χ2v) is 7.29. The second kappa shape index (κ2) is 5.17. The molecule has 0 atom stereocenters. The minimum Gasteiger partial charge on any atom is -0.339 e. The fourth-order valence-electron chi connectivity index (χ4n) is 2.50. The Labute approximate surface area is 121 Å². The van der Waals surface area contributed by atoms with Crippen LogP contribution in [0.3, 0.4) is 0 Å². The molecule has 0 saturated carbocycles. The summed E-state index contributed by atoms with van der Waals surface area (Å²) in [4.78, 5) is 16.0. The van der Waals surface area contributed by atoms with Crippen LogP contribution in [0.5, 0.6) is 0 Å². The van der Waals surface area contributed by atoms with Crippen molar-refractivity contribution in [3.63, 3.8) is 0 Å². The third-order valence-corrected chi connectivity index (χ3v) is 5.78. The van der Waals surface area contributed by atoms with Crippen LogP contribution in [-0.4, -0.2) is 24.2 Å². The number of fused-ring (bicyclic) bond motifs is 3. The van der Waals surface area contributed by atoms with Gasteiger partial charge in [-0.3, -0.25) is 4.79 Å². The Morgan fingerprint density at radius 1 is 1.26 bits per heavy atom. The molecule has 1 aliphatic rings. The van der Waals surface area contributed by atoms with E-state index in [4.69, 9.17) is 0 Å². The van der Waals surface area contributed by atoms with Crippen molar-refractivity contribution in [3.05, 3.63) is 28.6 Å². The fourth-order valence-corrected chi connectivity index (χ4v) is 4.61. The molecule has 3 rings (SSSR count). The summed E-state index contributed by atoms with van der Waals surface area (Å²) in [7, 11) is 3.58. The van der Waals surface area contributed by atoms with Crippen LogP contribution in [0.2, 0.25) is 0 Å². The molecule has 4 heteroatoms. The Bertz CT molecular complexity index is 630. The van der Waals surface area contributed by atoms with Crippen molar-refractivity contribution < 1.29 is 4.79 Å². The Morgan fingerprint density at radius 3 is 2.84 bits per heavy atom. The normalized spacial score (nSPS) is 14.4. The number of hydrogen-bond donors (Lipinski definition) is 0. The average Bonchev–Trinajstić information content (AvgIpc) is 2.76. The number of amides is 1. The van der Waals surface area contributed by atoms with E-state index < -0.39 is 0 Å². The Kier molecular flexibility index (Phi) is 3.54. The molecule has 1 amide bonds. The molecule has 0 aliphatic heterocycles. The van der Waals surface area contributed by atoms with Gasteiger partial charge in [-0.25, -0.2) is 0 Å². The quantitative estimate of drug-likeness (QED) is 0.718. The molecule has 0 unspecified atom stereocenters. The van der Waals surface area contributed by atoms with Crippen LogP contribution < -0.4 is 0 Å². The summed E-state index contributed by atoms with van der Waals surface area (Å²) < 4.78 is 1.34. The van der Waals surface area contributed by atoms with Gasteiger partial charge in [0.2, 0.25) is 0 Å². The lowest BCUT2D eigenvalue weighted by Crippen LogP contribution is -2.15. The van der Waals surface area contributed by atoms with Crippen LogP contribution in [0.15, 0.2) is 23.1 Å². The summed E-state index contributed by atoms with van der Waals surface area (Å²) >= 11 is 3.22. The van der Waals surface area contributed by atoms with E-state index in [1.807, 2.05) is 11.3 Å². The maximum absolute atomic E-state index is 11.7. The number of carbonyl (C=O) groups excluding carboxylic acids is 1. The standard InChI is InChI=1S/C15H17NOS2/c1-16(2)15(17)18-10-7-8-12-11-5-3-4-6-13(11)19-14(12)9-10/h7-9H,3-6H2,1-2H3. The van der Waals surface area contributed by atoms with Gasteiger partial charge in [-0.15, -0.1) is 11.3 Å². The molecule has 1 aliphatic carbocycles. The van der Waals surface area contributed by atoms with Gasteiger partial charge in [0.15, 0.2) is 0 Å². The fraction of sp³-hybridized carbons (Fsp3) is 0.400. The van der Waals surface area contributed by atoms with E-state index in [9.17, 15) is 4.79 Å². The van der Waals surface area contributed by atoms with Gasteiger partial charge in [-0.2, -0.15) is 0 Å². The highest BCUT2D eigenvalue weighted by molar-refractivity contribution is 8.13. The molecule has 1 aromatic carbocycles. The molecular weight excluding hydrogens is 274 g/mol. The molecule has 0 saturated heterocycles. The van der Waals surface area contributed by atoms with Crippen LogP contribution >= 0.6 is 23.1 Å². The summed E-state index contributed by atoms with van der Waals surface area (Å²) in [5, 5.41) is 1.49. The maximum Gasteiger partial charge on any atom is 0.285 e. The smallest absolute Gasteiger partial charge is 0.285 e. The molecule has 0 spiro atoms. The number of thiophene rings is 1. The predicted molar refractivity (Wildman–Crippen MR) is 83.4 cm³/mol. The van der Waals surface area contributed by atoms with Crippen LogP contribution in [0.1, 0.15) is 23.3 Å². The van der Waals surface area contributed by atoms with Crippen LogP contribution in [0, 0.1) is 0 Å². The number of aryl methyl sites for hydroxylation is 2. The van der Waals surface area contributed by atoms with Crippen molar-refractivity contribution in [2.24, 2.45) is 0 Å². The summed E-state index contributed by atoms with van der Waals surface area (Å²) in [6.07, 6.45) is 5.08. The topological polar surface area (TPSA) is 20.3 Å². The summed E-state index contributed by atoms with van der Waals surface area (Å²) in [6, 6.07) is 6.45. The third-order valence-electron chi connectivity index (χ3n) is 3.50. The number of benzene rings is 1. The SMILES string of the molecule is CN(C)C(=O)Sc1ccc2c3c(sc2c1)CCCC3. The van der Waals surface area contributed by atoms with Crippen LogP contribution in [0.25, 0.3) is 10.1 Å². The number of nitrogens with zero attached hydrogens (tertiary/aromatic N) is 1. The highest BCUT2D eigenvalue weighted by atomic mass is 32.2. The minimum atomic E-state index is 0.0840. The van der Waals surface area contributed by atoms with Crippen molar-refractivity contribution >= 4 is 38.4 Å². The Hall–Kier alpha value is -1.00. The van der Waals surface area contributed by atoms with Gasteiger partial charge in [-0.1, -0.05) is 6.07 Å². The van der Waals surface area contributed by atoms with E-state index in [0.717, 1.165) is 4.90 Å². The molecule has 19 heavy (non-hydrogen) atoms. The van der Waals surface area contributed by atoms with Gasteiger partial charge < -0.3 is 4.90 Å². The van der Waals surface area contributed by atoms with Gasteiger partial charge in [0.25, 0.3) is 5.24 Å². The Balaban J connectivity index is 1.95. The number of carbonyl (C=O) groups is 1. The summed E-state index contributed by atoms with van der Waals surface area (Å²) in [5.41, 5.74) is 1.56. The zero-order valence-corrected chi connectivity index (χ0v) is 12.9. The van der Waals surface area contributed by atoms with Crippen molar-refractivity contribution in [1.29, 1.82) is 0 Å². The van der Waals surface area contributed by atoms with E-state index in [-0.39, 0.29) is 5.24 Å². The molecule has 2 aromatic rings. The number of thioether (sulfide) groups is 1. The molecule has 0 bridgehead atoms. The molecule has 0 fully saturated rings. The molecular formula is C15H17NOS2. The van der Waals surface area contributed by atoms with Gasteiger partial charge in [0.05, 0.1) is 0 Å². The molecule has 0 N–H and O–H groups in total. The lowest BCUT2D eigenvalue weighted by atomic mass is 9.96. The molecule has 0 radical (unpaired) electrons. The minimum absolute atomic E-state index is 0.0840. The van der Waals surface area contributed by atoms with Crippen molar-refractivity contribution in [2.75, 3.05) is 14.1 Å². The first-order valence-corrected chi connectivity index (χ1v) is 8.22. The summed E-state index contributed by atoms with van der Waals surface area (Å²) in [5.74, 6) is 0. The first-order valence-electron chi connectivity index (χ1n) is 6.58. The van der Waals surface area contributed by atoms with Crippen LogP contribution in [0.4, 0.5) is 4.79 Å². The van der Waals surface area contributed by atoms with Gasteiger partial charge in [0, 0.05) is 28.6 Å².